The summed E-state index contributed by atoms with van der Waals surface area (Å²) >= 11 is 0. The molecular weight excluding hydrogens is 397 g/mol. The zero-order chi connectivity index (χ0) is 21.6. The van der Waals surface area contributed by atoms with Crippen LogP contribution >= 0.6 is 0 Å². The van der Waals surface area contributed by atoms with E-state index >= 15 is 0 Å². The predicted molar refractivity (Wildman–Crippen MR) is 116 cm³/mol. The summed E-state index contributed by atoms with van der Waals surface area (Å²) in [5.74, 6) is 0.117. The number of aromatic nitrogens is 2. The summed E-state index contributed by atoms with van der Waals surface area (Å²) in [5, 5.41) is 7.04. The second kappa shape index (κ2) is 9.70. The number of nitrogens with zero attached hydrogens (tertiary/aromatic N) is 4. The Kier molecular flexibility index (Phi) is 6.57. The molecule has 4 rings (SSSR count). The number of carbonyl (C=O) groups excluding carboxylic acids is 1. The van der Waals surface area contributed by atoms with Crippen LogP contribution in [0.3, 0.4) is 0 Å². The van der Waals surface area contributed by atoms with Crippen molar-refractivity contribution < 1.29 is 13.7 Å². The lowest BCUT2D eigenvalue weighted by molar-refractivity contribution is 0.0950. The van der Waals surface area contributed by atoms with Crippen LogP contribution < -0.4 is 10.2 Å². The molecule has 3 heterocycles. The van der Waals surface area contributed by atoms with Crippen molar-refractivity contribution in [2.75, 3.05) is 44.2 Å². The summed E-state index contributed by atoms with van der Waals surface area (Å²) in [6, 6.07) is 10.3. The first kappa shape index (κ1) is 21.0. The van der Waals surface area contributed by atoms with Crippen molar-refractivity contribution in [3.8, 4) is 11.3 Å². The number of piperazine rings is 1. The van der Waals surface area contributed by atoms with Crippen molar-refractivity contribution in [3.05, 3.63) is 65.9 Å². The number of rotatable bonds is 7. The van der Waals surface area contributed by atoms with Crippen LogP contribution in [-0.2, 0) is 0 Å². The normalized spacial score (nSPS) is 14.6. The summed E-state index contributed by atoms with van der Waals surface area (Å²) in [4.78, 5) is 21.4. The lowest BCUT2D eigenvalue weighted by Gasteiger charge is -2.36. The first-order chi connectivity index (χ1) is 15.1. The molecule has 1 fully saturated rings. The Hall–Kier alpha value is -3.26. The molecule has 1 N–H and O–H groups in total. The fourth-order valence-electron chi connectivity index (χ4n) is 3.82. The Labute approximate surface area is 180 Å². The number of carbonyl (C=O) groups is 1. The highest BCUT2D eigenvalue weighted by Crippen LogP contribution is 2.24. The van der Waals surface area contributed by atoms with Gasteiger partial charge in [-0.3, -0.25) is 14.7 Å². The van der Waals surface area contributed by atoms with Gasteiger partial charge in [-0.2, -0.15) is 0 Å². The molecule has 1 aromatic carbocycles. The summed E-state index contributed by atoms with van der Waals surface area (Å²) in [6.45, 7) is 6.95. The van der Waals surface area contributed by atoms with Gasteiger partial charge in [-0.05, 0) is 56.3 Å². The van der Waals surface area contributed by atoms with Crippen LogP contribution in [0.15, 0.2) is 53.3 Å². The Bertz CT molecular complexity index is 999. The van der Waals surface area contributed by atoms with Crippen LogP contribution in [0.25, 0.3) is 11.3 Å². The van der Waals surface area contributed by atoms with Gasteiger partial charge < -0.3 is 14.7 Å². The average molecular weight is 423 g/mol. The molecule has 1 aliphatic heterocycles. The molecule has 3 aromatic rings. The Morgan fingerprint density at radius 2 is 1.81 bits per heavy atom. The van der Waals surface area contributed by atoms with Crippen molar-refractivity contribution in [1.29, 1.82) is 0 Å². The zero-order valence-corrected chi connectivity index (χ0v) is 17.6. The summed E-state index contributed by atoms with van der Waals surface area (Å²) in [7, 11) is 0. The van der Waals surface area contributed by atoms with E-state index in [1.54, 1.807) is 31.5 Å². The third-order valence-electron chi connectivity index (χ3n) is 5.54. The van der Waals surface area contributed by atoms with Crippen molar-refractivity contribution in [2.24, 2.45) is 0 Å². The quantitative estimate of drug-likeness (QED) is 0.589. The van der Waals surface area contributed by atoms with Gasteiger partial charge in [0.1, 0.15) is 22.8 Å². The van der Waals surface area contributed by atoms with Gasteiger partial charge in [0.05, 0.1) is 0 Å². The molecule has 1 aliphatic rings. The maximum Gasteiger partial charge on any atom is 0.257 e. The van der Waals surface area contributed by atoms with E-state index in [4.69, 9.17) is 4.52 Å². The van der Waals surface area contributed by atoms with Crippen LogP contribution in [0.1, 0.15) is 22.5 Å². The lowest BCUT2D eigenvalue weighted by Crippen LogP contribution is -2.47. The first-order valence-electron chi connectivity index (χ1n) is 10.5. The standard InChI is InChI=1S/C23H26FN5O2/c1-17-21(22(27-31-17)18-7-10-25-11-8-18)23(30)26-9-2-12-28-13-15-29(16-14-28)20-5-3-19(24)4-6-20/h3-8,10-11H,2,9,12-16H2,1H3,(H,26,30). The molecular formula is C23H26FN5O2. The maximum atomic E-state index is 13.1. The SMILES string of the molecule is Cc1onc(-c2ccncc2)c1C(=O)NCCCN1CCN(c2ccc(F)cc2)CC1. The summed E-state index contributed by atoms with van der Waals surface area (Å²) < 4.78 is 18.4. The molecule has 7 nitrogen and oxygen atoms in total. The number of pyridine rings is 1. The topological polar surface area (TPSA) is 74.5 Å². The van der Waals surface area contributed by atoms with E-state index in [0.29, 0.717) is 23.6 Å². The van der Waals surface area contributed by atoms with Crippen LogP contribution in [-0.4, -0.2) is 60.2 Å². The molecule has 2 aromatic heterocycles. The van der Waals surface area contributed by atoms with Crippen LogP contribution in [0.4, 0.5) is 10.1 Å². The molecule has 0 saturated carbocycles. The minimum Gasteiger partial charge on any atom is -0.369 e. The Morgan fingerprint density at radius 3 is 2.52 bits per heavy atom. The number of hydrogen-bond acceptors (Lipinski definition) is 6. The van der Waals surface area contributed by atoms with Crippen molar-refractivity contribution >= 4 is 11.6 Å². The lowest BCUT2D eigenvalue weighted by atomic mass is 10.1. The van der Waals surface area contributed by atoms with Gasteiger partial charge >= 0.3 is 0 Å². The van der Waals surface area contributed by atoms with Gasteiger partial charge in [0.2, 0.25) is 0 Å². The zero-order valence-electron chi connectivity index (χ0n) is 17.6. The van der Waals surface area contributed by atoms with Crippen LogP contribution in [0.5, 0.6) is 0 Å². The highest BCUT2D eigenvalue weighted by molar-refractivity contribution is 6.00. The molecule has 0 unspecified atom stereocenters. The van der Waals surface area contributed by atoms with Gasteiger partial charge in [0.15, 0.2) is 0 Å². The number of hydrogen-bond donors (Lipinski definition) is 1. The van der Waals surface area contributed by atoms with E-state index in [-0.39, 0.29) is 11.7 Å². The van der Waals surface area contributed by atoms with Gasteiger partial charge in [0, 0.05) is 56.4 Å². The van der Waals surface area contributed by atoms with E-state index < -0.39 is 0 Å². The molecule has 31 heavy (non-hydrogen) atoms. The van der Waals surface area contributed by atoms with E-state index in [1.165, 1.54) is 12.1 Å². The van der Waals surface area contributed by atoms with Crippen LogP contribution in [0.2, 0.25) is 0 Å². The Morgan fingerprint density at radius 1 is 1.10 bits per heavy atom. The highest BCUT2D eigenvalue weighted by atomic mass is 19.1. The number of halogens is 1. The summed E-state index contributed by atoms with van der Waals surface area (Å²) in [6.07, 6.45) is 4.19. The monoisotopic (exact) mass is 423 g/mol. The van der Waals surface area contributed by atoms with E-state index in [2.05, 4.69) is 25.3 Å². The third-order valence-corrected chi connectivity index (χ3v) is 5.54. The fourth-order valence-corrected chi connectivity index (χ4v) is 3.82. The summed E-state index contributed by atoms with van der Waals surface area (Å²) in [5.41, 5.74) is 2.87. The van der Waals surface area contributed by atoms with Crippen molar-refractivity contribution in [1.82, 2.24) is 20.4 Å². The van der Waals surface area contributed by atoms with Gasteiger partial charge in [0.25, 0.3) is 5.91 Å². The molecule has 162 valence electrons. The minimum absolute atomic E-state index is 0.174. The number of benzene rings is 1. The second-order valence-corrected chi connectivity index (χ2v) is 7.61. The molecule has 1 saturated heterocycles. The molecule has 0 aliphatic carbocycles. The van der Waals surface area contributed by atoms with Gasteiger partial charge in [-0.1, -0.05) is 5.16 Å². The number of nitrogens with one attached hydrogen (secondary N) is 1. The first-order valence-corrected chi connectivity index (χ1v) is 10.5. The fraction of sp³-hybridized carbons (Fsp3) is 0.348. The molecule has 0 radical (unpaired) electrons. The van der Waals surface area contributed by atoms with E-state index in [9.17, 15) is 9.18 Å². The minimum atomic E-state index is -0.210. The number of anilines is 1. The Balaban J connectivity index is 1.23. The second-order valence-electron chi connectivity index (χ2n) is 7.61. The molecule has 8 heteroatoms. The molecule has 0 bridgehead atoms. The average Bonchev–Trinajstić information content (AvgIpc) is 3.20. The van der Waals surface area contributed by atoms with Gasteiger partial charge in [-0.15, -0.1) is 0 Å². The maximum absolute atomic E-state index is 13.1. The van der Waals surface area contributed by atoms with Crippen molar-refractivity contribution in [2.45, 2.75) is 13.3 Å². The molecule has 0 spiro atoms. The highest BCUT2D eigenvalue weighted by Gasteiger charge is 2.21. The largest absolute Gasteiger partial charge is 0.369 e. The number of amides is 1. The van der Waals surface area contributed by atoms with Gasteiger partial charge in [-0.25, -0.2) is 4.39 Å². The molecule has 0 atom stereocenters. The number of aryl methyl sites for hydroxylation is 1. The third kappa shape index (κ3) is 5.08. The van der Waals surface area contributed by atoms with Crippen LogP contribution in [0, 0.1) is 12.7 Å². The predicted octanol–water partition coefficient (Wildman–Crippen LogP) is 3.13. The van der Waals surface area contributed by atoms with Crippen molar-refractivity contribution in [3.63, 3.8) is 0 Å². The smallest absolute Gasteiger partial charge is 0.257 e. The molecule has 1 amide bonds. The van der Waals surface area contributed by atoms with E-state index in [0.717, 1.165) is 50.4 Å². The van der Waals surface area contributed by atoms with E-state index in [1.807, 2.05) is 12.1 Å².